The fourth-order valence-electron chi connectivity index (χ4n) is 3.56. The van der Waals surface area contributed by atoms with Gasteiger partial charge in [0.1, 0.15) is 6.54 Å². The second-order valence-electron chi connectivity index (χ2n) is 8.18. The van der Waals surface area contributed by atoms with Crippen LogP contribution < -0.4 is 4.31 Å². The van der Waals surface area contributed by atoms with Gasteiger partial charge >= 0.3 is 0 Å². The second-order valence-corrected chi connectivity index (χ2v) is 11.0. The lowest BCUT2D eigenvalue weighted by atomic mass is 10.0. The van der Waals surface area contributed by atoms with Gasteiger partial charge in [0.25, 0.3) is 15.9 Å². The van der Waals surface area contributed by atoms with E-state index in [0.717, 1.165) is 14.3 Å². The lowest BCUT2D eigenvalue weighted by molar-refractivity contribution is -0.116. The van der Waals surface area contributed by atoms with Crippen LogP contribution in [0.3, 0.4) is 0 Å². The number of azo groups is 1. The van der Waals surface area contributed by atoms with Crippen molar-refractivity contribution in [2.24, 2.45) is 10.2 Å². The number of aromatic hydroxyl groups is 1. The van der Waals surface area contributed by atoms with Crippen molar-refractivity contribution in [2.75, 3.05) is 10.8 Å². The third-order valence-corrected chi connectivity index (χ3v) is 7.71. The molecule has 0 fully saturated rings. The van der Waals surface area contributed by atoms with E-state index in [1.807, 2.05) is 26.0 Å². The summed E-state index contributed by atoms with van der Waals surface area (Å²) < 4.78 is 28.6. The van der Waals surface area contributed by atoms with Crippen molar-refractivity contribution >= 4 is 54.1 Å². The molecule has 8 nitrogen and oxygen atoms in total. The zero-order chi connectivity index (χ0) is 25.2. The summed E-state index contributed by atoms with van der Waals surface area (Å²) in [6.07, 6.45) is 0. The number of nitrogens with zero attached hydrogens (tertiary/aromatic N) is 3. The summed E-state index contributed by atoms with van der Waals surface area (Å²) in [4.78, 5) is 15.6. The van der Waals surface area contributed by atoms with Crippen LogP contribution in [0.4, 0.5) is 11.4 Å². The average Bonchev–Trinajstić information content (AvgIpc) is 3.15. The zero-order valence-corrected chi connectivity index (χ0v) is 21.4. The van der Waals surface area contributed by atoms with Crippen molar-refractivity contribution < 1.29 is 18.3 Å². The fraction of sp³-hybridized carbons (Fsp3) is 0.160. The number of halogens is 1. The Hall–Kier alpha value is -3.50. The van der Waals surface area contributed by atoms with Gasteiger partial charge < -0.3 is 10.1 Å². The van der Waals surface area contributed by atoms with Crippen LogP contribution in [0.15, 0.2) is 92.4 Å². The Morgan fingerprint density at radius 2 is 1.74 bits per heavy atom. The maximum Gasteiger partial charge on any atom is 0.285 e. The van der Waals surface area contributed by atoms with Crippen molar-refractivity contribution in [1.82, 2.24) is 4.98 Å². The minimum Gasteiger partial charge on any atom is -0.493 e. The van der Waals surface area contributed by atoms with E-state index in [0.29, 0.717) is 16.6 Å². The Labute approximate surface area is 211 Å². The van der Waals surface area contributed by atoms with Crippen molar-refractivity contribution in [3.63, 3.8) is 0 Å². The number of hydrogen-bond acceptors (Lipinski definition) is 5. The molecule has 0 bridgehead atoms. The quantitative estimate of drug-likeness (QED) is 0.262. The van der Waals surface area contributed by atoms with Crippen LogP contribution >= 0.6 is 15.9 Å². The first-order valence-electron chi connectivity index (χ1n) is 10.8. The Balaban J connectivity index is 1.67. The van der Waals surface area contributed by atoms with E-state index in [1.54, 1.807) is 48.5 Å². The molecule has 0 spiro atoms. The molecule has 0 radical (unpaired) electrons. The van der Waals surface area contributed by atoms with Gasteiger partial charge in [-0.25, -0.2) is 8.42 Å². The summed E-state index contributed by atoms with van der Waals surface area (Å²) in [5.41, 5.74) is 2.08. The lowest BCUT2D eigenvalue weighted by Gasteiger charge is -2.23. The van der Waals surface area contributed by atoms with Crippen LogP contribution in [0.2, 0.25) is 0 Å². The van der Waals surface area contributed by atoms with Gasteiger partial charge in [-0.15, -0.1) is 10.2 Å². The molecule has 0 unspecified atom stereocenters. The molecule has 0 aliphatic carbocycles. The SMILES string of the molecule is CC(C)c1ccc(N(CC(=O)N=Nc2c(O)[nH]c3ccc(Br)cc23)S(=O)(=O)c2ccccc2)cc1. The van der Waals surface area contributed by atoms with Crippen molar-refractivity contribution in [1.29, 1.82) is 0 Å². The molecule has 4 aromatic rings. The molecule has 180 valence electrons. The first-order chi connectivity index (χ1) is 16.7. The topological polar surface area (TPSA) is 115 Å². The number of H-pyrrole nitrogens is 1. The molecule has 0 atom stereocenters. The Bertz CT molecular complexity index is 1500. The third kappa shape index (κ3) is 5.28. The summed E-state index contributed by atoms with van der Waals surface area (Å²) in [6.45, 7) is 3.51. The van der Waals surface area contributed by atoms with Gasteiger partial charge in [-0.2, -0.15) is 0 Å². The number of aromatic nitrogens is 1. The summed E-state index contributed by atoms with van der Waals surface area (Å²) >= 11 is 3.36. The van der Waals surface area contributed by atoms with E-state index in [-0.39, 0.29) is 22.4 Å². The van der Waals surface area contributed by atoms with Crippen molar-refractivity contribution in [3.05, 3.63) is 82.8 Å². The number of rotatable bonds is 7. The van der Waals surface area contributed by atoms with Gasteiger partial charge in [-0.05, 0) is 53.9 Å². The molecule has 1 aromatic heterocycles. The standard InChI is InChI=1S/C25H23BrN4O4S/c1-16(2)17-8-11-19(12-9-17)30(35(33,34)20-6-4-3-5-7-20)15-23(31)28-29-24-21-14-18(26)10-13-22(21)27-25(24)32/h3-14,16,27,32H,15H2,1-2H3. The van der Waals surface area contributed by atoms with Crippen molar-refractivity contribution in [3.8, 4) is 5.88 Å². The van der Waals surface area contributed by atoms with Gasteiger partial charge in [0.05, 0.1) is 16.1 Å². The van der Waals surface area contributed by atoms with Gasteiger partial charge in [0.2, 0.25) is 5.88 Å². The summed E-state index contributed by atoms with van der Waals surface area (Å²) in [5, 5.41) is 18.4. The van der Waals surface area contributed by atoms with Crippen LogP contribution in [-0.2, 0) is 14.8 Å². The molecule has 4 rings (SSSR count). The van der Waals surface area contributed by atoms with E-state index in [1.165, 1.54) is 12.1 Å². The van der Waals surface area contributed by atoms with E-state index in [4.69, 9.17) is 0 Å². The molecule has 0 aliphatic heterocycles. The minimum absolute atomic E-state index is 0.0526. The highest BCUT2D eigenvalue weighted by Crippen LogP contribution is 2.37. The van der Waals surface area contributed by atoms with Gasteiger partial charge in [-0.1, -0.05) is 60.1 Å². The average molecular weight is 555 g/mol. The first kappa shape index (κ1) is 24.6. The van der Waals surface area contributed by atoms with E-state index in [2.05, 4.69) is 31.1 Å². The van der Waals surface area contributed by atoms with Gasteiger partial charge in [-0.3, -0.25) is 9.10 Å². The molecule has 2 N–H and O–H groups in total. The van der Waals surface area contributed by atoms with Gasteiger partial charge in [0, 0.05) is 9.86 Å². The normalized spacial score (nSPS) is 12.0. The number of hydrogen-bond donors (Lipinski definition) is 2. The highest BCUT2D eigenvalue weighted by atomic mass is 79.9. The molecule has 3 aromatic carbocycles. The smallest absolute Gasteiger partial charge is 0.285 e. The number of anilines is 1. The minimum atomic E-state index is -4.05. The predicted molar refractivity (Wildman–Crippen MR) is 139 cm³/mol. The Morgan fingerprint density at radius 3 is 2.40 bits per heavy atom. The van der Waals surface area contributed by atoms with Crippen LogP contribution in [0, 0.1) is 0 Å². The first-order valence-corrected chi connectivity index (χ1v) is 13.0. The number of fused-ring (bicyclic) bond motifs is 1. The van der Waals surface area contributed by atoms with E-state index < -0.39 is 22.5 Å². The summed E-state index contributed by atoms with van der Waals surface area (Å²) in [5.74, 6) is -0.767. The zero-order valence-electron chi connectivity index (χ0n) is 19.0. The van der Waals surface area contributed by atoms with Gasteiger partial charge in [0.15, 0.2) is 5.69 Å². The van der Waals surface area contributed by atoms with Crippen LogP contribution in [0.25, 0.3) is 10.9 Å². The number of nitrogens with one attached hydrogen (secondary N) is 1. The maximum atomic E-state index is 13.4. The molecular weight excluding hydrogens is 532 g/mol. The van der Waals surface area contributed by atoms with E-state index in [9.17, 15) is 18.3 Å². The molecule has 35 heavy (non-hydrogen) atoms. The number of carbonyl (C=O) groups is 1. The second kappa shape index (κ2) is 10.0. The van der Waals surface area contributed by atoms with Crippen LogP contribution in [-0.4, -0.2) is 31.0 Å². The number of aromatic amines is 1. The van der Waals surface area contributed by atoms with Crippen molar-refractivity contribution in [2.45, 2.75) is 24.7 Å². The largest absolute Gasteiger partial charge is 0.493 e. The molecule has 0 saturated heterocycles. The predicted octanol–water partition coefficient (Wildman–Crippen LogP) is 6.27. The monoisotopic (exact) mass is 554 g/mol. The lowest BCUT2D eigenvalue weighted by Crippen LogP contribution is -2.35. The highest BCUT2D eigenvalue weighted by Gasteiger charge is 2.27. The Kier molecular flexibility index (Phi) is 7.04. The maximum absolute atomic E-state index is 13.4. The highest BCUT2D eigenvalue weighted by molar-refractivity contribution is 9.10. The third-order valence-electron chi connectivity index (χ3n) is 5.43. The number of amides is 1. The Morgan fingerprint density at radius 1 is 1.06 bits per heavy atom. The van der Waals surface area contributed by atoms with Crippen LogP contribution in [0.1, 0.15) is 25.3 Å². The number of carbonyl (C=O) groups excluding carboxylic acids is 1. The fourth-order valence-corrected chi connectivity index (χ4v) is 5.35. The molecule has 0 saturated carbocycles. The van der Waals surface area contributed by atoms with Crippen LogP contribution in [0.5, 0.6) is 5.88 Å². The molecule has 1 heterocycles. The summed E-state index contributed by atoms with van der Waals surface area (Å²) in [6, 6.07) is 20.2. The summed E-state index contributed by atoms with van der Waals surface area (Å²) in [7, 11) is -4.05. The van der Waals surface area contributed by atoms with E-state index >= 15 is 0 Å². The molecule has 0 aliphatic rings. The molecular formula is C25H23BrN4O4S. The molecule has 1 amide bonds. The number of benzene rings is 3. The molecule has 10 heteroatoms. The number of sulfonamides is 1.